The molecule has 0 aromatic carbocycles. The van der Waals surface area contributed by atoms with Crippen LogP contribution in [0.3, 0.4) is 0 Å². The molecule has 2 aliphatic rings. The number of aliphatic hydroxyl groups excluding tert-OH is 1. The minimum absolute atomic E-state index is 0.192. The van der Waals surface area contributed by atoms with Crippen LogP contribution in [-0.4, -0.2) is 65.8 Å². The van der Waals surface area contributed by atoms with Crippen molar-refractivity contribution in [2.45, 2.75) is 115 Å². The molecule has 0 unspecified atom stereocenters. The third kappa shape index (κ3) is 5.85. The molecule has 8 nitrogen and oxygen atoms in total. The van der Waals surface area contributed by atoms with E-state index in [2.05, 4.69) is 51.4 Å². The number of nitrogens with one attached hydrogen (secondary N) is 1. The third-order valence-electron chi connectivity index (χ3n) is 8.40. The van der Waals surface area contributed by atoms with Gasteiger partial charge in [-0.3, -0.25) is 19.2 Å². The second kappa shape index (κ2) is 11.4. The molecule has 1 saturated carbocycles. The molecular formula is C26H47N3O5Si. The van der Waals surface area contributed by atoms with Gasteiger partial charge in [0, 0.05) is 30.9 Å². The van der Waals surface area contributed by atoms with Crippen LogP contribution in [0.1, 0.15) is 85.4 Å². The number of nitrogens with zero attached hydrogens (tertiary/aromatic N) is 2. The summed E-state index contributed by atoms with van der Waals surface area (Å²) < 4.78 is 15.0. The molecule has 0 amide bonds. The van der Waals surface area contributed by atoms with E-state index in [1.165, 1.54) is 23.8 Å². The van der Waals surface area contributed by atoms with E-state index in [1.54, 1.807) is 13.1 Å². The van der Waals surface area contributed by atoms with E-state index in [4.69, 9.17) is 9.16 Å². The quantitative estimate of drug-likeness (QED) is 0.490. The Morgan fingerprint density at radius 2 is 1.71 bits per heavy atom. The first-order valence-corrected chi connectivity index (χ1v) is 15.6. The second-order valence-electron chi connectivity index (χ2n) is 11.7. The van der Waals surface area contributed by atoms with Gasteiger partial charge in [0.05, 0.1) is 13.2 Å². The number of H-pyrrole nitrogens is 1. The van der Waals surface area contributed by atoms with E-state index < -0.39 is 25.8 Å². The smallest absolute Gasteiger partial charge is 0.330 e. The topological polar surface area (TPSA) is 96.8 Å². The van der Waals surface area contributed by atoms with Crippen LogP contribution in [-0.2, 0) is 9.16 Å². The second-order valence-corrected chi connectivity index (χ2v) is 17.2. The number of hydrogen-bond acceptors (Lipinski definition) is 6. The van der Waals surface area contributed by atoms with Crippen molar-refractivity contribution in [2.24, 2.45) is 0 Å². The van der Waals surface area contributed by atoms with Crippen molar-refractivity contribution < 1.29 is 14.3 Å². The zero-order chi connectivity index (χ0) is 26.0. The van der Waals surface area contributed by atoms with Gasteiger partial charge in [-0.2, -0.15) is 0 Å². The maximum absolute atomic E-state index is 12.8. The summed E-state index contributed by atoms with van der Waals surface area (Å²) in [6.07, 6.45) is 6.82. The number of ether oxygens (including phenoxy) is 1. The summed E-state index contributed by atoms with van der Waals surface area (Å²) in [6, 6.07) is 0.392. The molecule has 3 rings (SSSR count). The molecule has 9 heteroatoms. The molecule has 1 aromatic heterocycles. The highest BCUT2D eigenvalue weighted by Gasteiger charge is 2.49. The van der Waals surface area contributed by atoms with E-state index in [0.29, 0.717) is 47.9 Å². The predicted molar refractivity (Wildman–Crippen MR) is 141 cm³/mol. The average Bonchev–Trinajstić information content (AvgIpc) is 2.81. The summed E-state index contributed by atoms with van der Waals surface area (Å²) in [5.74, 6) is 0. The number of hydrogen-bond donors (Lipinski definition) is 2. The molecule has 1 aliphatic carbocycles. The van der Waals surface area contributed by atoms with Crippen molar-refractivity contribution in [2.75, 3.05) is 26.3 Å². The molecule has 2 fully saturated rings. The predicted octanol–water partition coefficient (Wildman–Crippen LogP) is 3.93. The van der Waals surface area contributed by atoms with Gasteiger partial charge in [-0.25, -0.2) is 4.79 Å². The maximum Gasteiger partial charge on any atom is 0.330 e. The summed E-state index contributed by atoms with van der Waals surface area (Å²) in [6.45, 7) is 16.4. The van der Waals surface area contributed by atoms with Crippen molar-refractivity contribution in [3.63, 3.8) is 0 Å². The molecule has 0 bridgehead atoms. The van der Waals surface area contributed by atoms with Crippen molar-refractivity contribution in [3.05, 3.63) is 32.6 Å². The van der Waals surface area contributed by atoms with Crippen LogP contribution in [0.2, 0.25) is 16.6 Å². The Balaban J connectivity index is 1.98. The van der Waals surface area contributed by atoms with Crippen molar-refractivity contribution in [1.82, 2.24) is 14.5 Å². The fourth-order valence-electron chi connectivity index (χ4n) is 6.64. The molecule has 2 atom stereocenters. The standard InChI is InChI=1S/C26H47N3O5Si/c1-18(2)35(19(3)4,20(5)6)33-17-26(16-30)15-28(22-11-9-8-10-12-22)14-23(34-26)29-13-21(7)24(31)27-25(29)32/h13,18-20,22-23,30H,8-12,14-17H2,1-7H3,(H,27,31,32)/t23-,26+/m1/s1. The molecule has 1 saturated heterocycles. The van der Waals surface area contributed by atoms with E-state index >= 15 is 0 Å². The summed E-state index contributed by atoms with van der Waals surface area (Å²) in [7, 11) is -2.19. The highest BCUT2D eigenvalue weighted by Crippen LogP contribution is 2.43. The van der Waals surface area contributed by atoms with Gasteiger partial charge in [0.15, 0.2) is 14.5 Å². The highest BCUT2D eigenvalue weighted by atomic mass is 28.4. The molecule has 1 aromatic rings. The molecule has 2 heterocycles. The molecule has 35 heavy (non-hydrogen) atoms. The first-order valence-electron chi connectivity index (χ1n) is 13.4. The Labute approximate surface area is 211 Å². The number of aryl methyl sites for hydroxylation is 1. The summed E-state index contributed by atoms with van der Waals surface area (Å²) in [5.41, 5.74) is -0.117. The average molecular weight is 510 g/mol. The lowest BCUT2D eigenvalue weighted by molar-refractivity contribution is -0.219. The van der Waals surface area contributed by atoms with Gasteiger partial charge >= 0.3 is 5.69 Å². The summed E-state index contributed by atoms with van der Waals surface area (Å²) >= 11 is 0. The Morgan fingerprint density at radius 3 is 2.26 bits per heavy atom. The Kier molecular flexibility index (Phi) is 9.24. The monoisotopic (exact) mass is 509 g/mol. The molecule has 0 spiro atoms. The molecular weight excluding hydrogens is 462 g/mol. The third-order valence-corrected chi connectivity index (χ3v) is 14.5. The van der Waals surface area contributed by atoms with Gasteiger partial charge < -0.3 is 14.3 Å². The number of aromatic amines is 1. The Hall–Kier alpha value is -1.26. The van der Waals surface area contributed by atoms with Crippen LogP contribution in [0.25, 0.3) is 0 Å². The Bertz CT molecular complexity index is 931. The van der Waals surface area contributed by atoms with Gasteiger partial charge in [0.1, 0.15) is 5.60 Å². The van der Waals surface area contributed by atoms with Crippen molar-refractivity contribution >= 4 is 8.32 Å². The molecule has 2 N–H and O–H groups in total. The van der Waals surface area contributed by atoms with Gasteiger partial charge in [0.25, 0.3) is 5.56 Å². The van der Waals surface area contributed by atoms with Gasteiger partial charge in [0.2, 0.25) is 0 Å². The first-order chi connectivity index (χ1) is 16.5. The van der Waals surface area contributed by atoms with E-state index in [-0.39, 0.29) is 12.2 Å². The highest BCUT2D eigenvalue weighted by molar-refractivity contribution is 6.77. The van der Waals surface area contributed by atoms with Gasteiger partial charge in [-0.15, -0.1) is 0 Å². The van der Waals surface area contributed by atoms with E-state index in [0.717, 1.165) is 12.8 Å². The lowest BCUT2D eigenvalue weighted by Gasteiger charge is -2.51. The first kappa shape index (κ1) is 28.3. The minimum atomic E-state index is -2.19. The lowest BCUT2D eigenvalue weighted by atomic mass is 9.92. The zero-order valence-electron chi connectivity index (χ0n) is 22.8. The summed E-state index contributed by atoms with van der Waals surface area (Å²) in [4.78, 5) is 29.6. The number of rotatable bonds is 9. The van der Waals surface area contributed by atoms with Gasteiger partial charge in [-0.1, -0.05) is 60.8 Å². The largest absolute Gasteiger partial charge is 0.413 e. The number of aliphatic hydroxyl groups is 1. The van der Waals surface area contributed by atoms with Crippen LogP contribution < -0.4 is 11.2 Å². The SMILES string of the molecule is Cc1cn([C@H]2CN(C3CCCCC3)C[C@](CO)(CO[Si](C(C)C)(C(C)C)C(C)C)O2)c(=O)[nH]c1=O. The fraction of sp³-hybridized carbons (Fsp3) is 0.846. The molecule has 200 valence electrons. The van der Waals surface area contributed by atoms with Crippen LogP contribution in [0.4, 0.5) is 0 Å². The van der Waals surface area contributed by atoms with Crippen molar-refractivity contribution in [1.29, 1.82) is 0 Å². The van der Waals surface area contributed by atoms with E-state index in [1.807, 2.05) is 0 Å². The maximum atomic E-state index is 12.8. The number of aromatic nitrogens is 2. The number of morpholine rings is 1. The van der Waals surface area contributed by atoms with Crippen LogP contribution >= 0.6 is 0 Å². The fourth-order valence-corrected chi connectivity index (χ4v) is 12.1. The molecule has 1 aliphatic heterocycles. The van der Waals surface area contributed by atoms with E-state index in [9.17, 15) is 14.7 Å². The zero-order valence-corrected chi connectivity index (χ0v) is 23.8. The minimum Gasteiger partial charge on any atom is -0.413 e. The van der Waals surface area contributed by atoms with Crippen LogP contribution in [0, 0.1) is 6.92 Å². The Morgan fingerprint density at radius 1 is 1.11 bits per heavy atom. The summed E-state index contributed by atoms with van der Waals surface area (Å²) in [5, 5.41) is 10.7. The van der Waals surface area contributed by atoms with Crippen LogP contribution in [0.15, 0.2) is 15.8 Å². The molecule has 0 radical (unpaired) electrons. The van der Waals surface area contributed by atoms with Crippen LogP contribution in [0.5, 0.6) is 0 Å². The lowest BCUT2D eigenvalue weighted by Crippen LogP contribution is -2.63. The van der Waals surface area contributed by atoms with Gasteiger partial charge in [-0.05, 0) is 36.4 Å². The van der Waals surface area contributed by atoms with Crippen molar-refractivity contribution in [3.8, 4) is 0 Å². The normalized spacial score (nSPS) is 25.2.